The van der Waals surface area contributed by atoms with Crippen LogP contribution in [0.2, 0.25) is 0 Å². The number of hydrogen-bond acceptors (Lipinski definition) is 3. The Hall–Kier alpha value is -1.58. The Bertz CT molecular complexity index is 304. The molecule has 0 saturated carbocycles. The highest BCUT2D eigenvalue weighted by Crippen LogP contribution is 2.05. The van der Waals surface area contributed by atoms with Gasteiger partial charge in [-0.1, -0.05) is 0 Å². The Morgan fingerprint density at radius 3 is 2.92 bits per heavy atom. The molecule has 0 spiro atoms. The first-order valence-corrected chi connectivity index (χ1v) is 4.00. The summed E-state index contributed by atoms with van der Waals surface area (Å²) in [6.45, 7) is 2.28. The van der Waals surface area contributed by atoms with Gasteiger partial charge in [0.1, 0.15) is 11.5 Å². The van der Waals surface area contributed by atoms with E-state index in [0.29, 0.717) is 13.0 Å². The molecule has 1 amide bonds. The zero-order chi connectivity index (χ0) is 9.68. The summed E-state index contributed by atoms with van der Waals surface area (Å²) in [4.78, 5) is 20.4. The van der Waals surface area contributed by atoms with Crippen LogP contribution in [0.1, 0.15) is 11.5 Å². The standard InChI is InChI=1S/C9H11NO3/c1-7-2-3-8(13-7)4-5-10-9(12)6-11/h2-3,6H,4-5H2,1H3,(H,10,12). The zero-order valence-corrected chi connectivity index (χ0v) is 7.37. The number of hydrogen-bond donors (Lipinski definition) is 1. The van der Waals surface area contributed by atoms with Gasteiger partial charge in [0, 0.05) is 13.0 Å². The van der Waals surface area contributed by atoms with Crippen LogP contribution in [-0.4, -0.2) is 18.7 Å². The Kier molecular flexibility index (Phi) is 3.25. The first-order chi connectivity index (χ1) is 6.22. The van der Waals surface area contributed by atoms with E-state index in [1.165, 1.54) is 0 Å². The molecule has 0 radical (unpaired) electrons. The smallest absolute Gasteiger partial charge is 0.284 e. The molecule has 0 atom stereocenters. The van der Waals surface area contributed by atoms with Gasteiger partial charge in [0.2, 0.25) is 6.29 Å². The molecule has 70 valence electrons. The number of carbonyl (C=O) groups is 2. The molecule has 4 heteroatoms. The van der Waals surface area contributed by atoms with Crippen LogP contribution in [-0.2, 0) is 16.0 Å². The van der Waals surface area contributed by atoms with E-state index < -0.39 is 5.91 Å². The summed E-state index contributed by atoms with van der Waals surface area (Å²) in [6, 6.07) is 3.71. The maximum atomic E-state index is 10.5. The summed E-state index contributed by atoms with van der Waals surface area (Å²) in [5.41, 5.74) is 0. The second kappa shape index (κ2) is 4.45. The van der Waals surface area contributed by atoms with Crippen molar-refractivity contribution in [2.45, 2.75) is 13.3 Å². The monoisotopic (exact) mass is 181 g/mol. The van der Waals surface area contributed by atoms with Gasteiger partial charge < -0.3 is 9.73 Å². The fraction of sp³-hybridized carbons (Fsp3) is 0.333. The largest absolute Gasteiger partial charge is 0.466 e. The highest BCUT2D eigenvalue weighted by atomic mass is 16.3. The second-order valence-corrected chi connectivity index (χ2v) is 2.67. The Balaban J connectivity index is 2.27. The van der Waals surface area contributed by atoms with Gasteiger partial charge in [-0.15, -0.1) is 0 Å². The molecular weight excluding hydrogens is 170 g/mol. The maximum Gasteiger partial charge on any atom is 0.284 e. The summed E-state index contributed by atoms with van der Waals surface area (Å²) in [6.07, 6.45) is 0.862. The highest BCUT2D eigenvalue weighted by Gasteiger charge is 2.00. The van der Waals surface area contributed by atoms with Crippen molar-refractivity contribution in [2.24, 2.45) is 0 Å². The molecule has 0 fully saturated rings. The van der Waals surface area contributed by atoms with E-state index in [1.54, 1.807) is 0 Å². The van der Waals surface area contributed by atoms with Gasteiger partial charge in [-0.3, -0.25) is 9.59 Å². The Morgan fingerprint density at radius 1 is 1.62 bits per heavy atom. The number of nitrogens with one attached hydrogen (secondary N) is 1. The fourth-order valence-corrected chi connectivity index (χ4v) is 0.970. The van der Waals surface area contributed by atoms with E-state index in [4.69, 9.17) is 4.42 Å². The van der Waals surface area contributed by atoms with E-state index in [-0.39, 0.29) is 6.29 Å². The van der Waals surface area contributed by atoms with Crippen LogP contribution in [0.4, 0.5) is 0 Å². The van der Waals surface area contributed by atoms with Crippen LogP contribution < -0.4 is 5.32 Å². The van der Waals surface area contributed by atoms with Crippen LogP contribution in [0.5, 0.6) is 0 Å². The topological polar surface area (TPSA) is 59.3 Å². The molecule has 1 rings (SSSR count). The summed E-state index contributed by atoms with van der Waals surface area (Å²) in [7, 11) is 0. The van der Waals surface area contributed by atoms with Crippen molar-refractivity contribution in [1.29, 1.82) is 0 Å². The van der Waals surface area contributed by atoms with Gasteiger partial charge in [-0.2, -0.15) is 0 Å². The molecule has 1 heterocycles. The predicted molar refractivity (Wildman–Crippen MR) is 46.2 cm³/mol. The average molecular weight is 181 g/mol. The SMILES string of the molecule is Cc1ccc(CCNC(=O)C=O)o1. The average Bonchev–Trinajstić information content (AvgIpc) is 2.51. The minimum Gasteiger partial charge on any atom is -0.466 e. The number of rotatable bonds is 4. The lowest BCUT2D eigenvalue weighted by molar-refractivity contribution is -0.131. The number of amides is 1. The summed E-state index contributed by atoms with van der Waals surface area (Å²) < 4.78 is 5.26. The predicted octanol–water partition coefficient (Wildman–Crippen LogP) is 0.446. The van der Waals surface area contributed by atoms with Gasteiger partial charge in [-0.25, -0.2) is 0 Å². The van der Waals surface area contributed by atoms with Crippen LogP contribution in [0.3, 0.4) is 0 Å². The van der Waals surface area contributed by atoms with Crippen molar-refractivity contribution >= 4 is 12.2 Å². The number of carbonyl (C=O) groups excluding carboxylic acids is 2. The van der Waals surface area contributed by atoms with Crippen molar-refractivity contribution in [1.82, 2.24) is 5.32 Å². The molecule has 0 aliphatic rings. The van der Waals surface area contributed by atoms with Crippen molar-refractivity contribution in [3.05, 3.63) is 23.7 Å². The molecule has 0 unspecified atom stereocenters. The number of aldehydes is 1. The van der Waals surface area contributed by atoms with Gasteiger partial charge in [-0.05, 0) is 19.1 Å². The lowest BCUT2D eigenvalue weighted by Gasteiger charge is -1.97. The Morgan fingerprint density at radius 2 is 2.38 bits per heavy atom. The summed E-state index contributed by atoms with van der Waals surface area (Å²) in [5, 5.41) is 2.42. The van der Waals surface area contributed by atoms with E-state index >= 15 is 0 Å². The third kappa shape index (κ3) is 3.11. The molecule has 13 heavy (non-hydrogen) atoms. The molecule has 1 N–H and O–H groups in total. The lowest BCUT2D eigenvalue weighted by atomic mass is 10.3. The van der Waals surface area contributed by atoms with Crippen molar-refractivity contribution < 1.29 is 14.0 Å². The van der Waals surface area contributed by atoms with Crippen molar-refractivity contribution in [3.8, 4) is 0 Å². The van der Waals surface area contributed by atoms with Crippen LogP contribution in [0.15, 0.2) is 16.5 Å². The van der Waals surface area contributed by atoms with E-state index in [2.05, 4.69) is 5.32 Å². The minimum absolute atomic E-state index is 0.257. The van der Waals surface area contributed by atoms with Gasteiger partial charge in [0.15, 0.2) is 0 Å². The molecule has 1 aromatic rings. The lowest BCUT2D eigenvalue weighted by Crippen LogP contribution is -2.26. The first kappa shape index (κ1) is 9.51. The van der Waals surface area contributed by atoms with Crippen molar-refractivity contribution in [3.63, 3.8) is 0 Å². The summed E-state index contributed by atoms with van der Waals surface area (Å²) in [5.74, 6) is 1.06. The van der Waals surface area contributed by atoms with Crippen molar-refractivity contribution in [2.75, 3.05) is 6.54 Å². The van der Waals surface area contributed by atoms with Gasteiger partial charge >= 0.3 is 0 Å². The Labute approximate surface area is 75.9 Å². The zero-order valence-electron chi connectivity index (χ0n) is 7.37. The van der Waals surface area contributed by atoms with Gasteiger partial charge in [0.25, 0.3) is 5.91 Å². The molecular formula is C9H11NO3. The highest BCUT2D eigenvalue weighted by molar-refractivity contribution is 6.23. The quantitative estimate of drug-likeness (QED) is 0.541. The van der Waals surface area contributed by atoms with Crippen LogP contribution in [0.25, 0.3) is 0 Å². The van der Waals surface area contributed by atoms with Gasteiger partial charge in [0.05, 0.1) is 0 Å². The fourth-order valence-electron chi connectivity index (χ4n) is 0.970. The first-order valence-electron chi connectivity index (χ1n) is 4.00. The molecule has 1 aromatic heterocycles. The molecule has 4 nitrogen and oxygen atoms in total. The molecule has 0 bridgehead atoms. The third-order valence-electron chi connectivity index (χ3n) is 1.57. The maximum absolute atomic E-state index is 10.5. The third-order valence-corrected chi connectivity index (χ3v) is 1.57. The molecule has 0 saturated heterocycles. The van der Waals surface area contributed by atoms with E-state index in [0.717, 1.165) is 11.5 Å². The number of furan rings is 1. The van der Waals surface area contributed by atoms with Crippen LogP contribution >= 0.6 is 0 Å². The molecule has 0 aliphatic heterocycles. The van der Waals surface area contributed by atoms with Crippen LogP contribution in [0, 0.1) is 6.92 Å². The number of aryl methyl sites for hydroxylation is 1. The van der Waals surface area contributed by atoms with E-state index in [1.807, 2.05) is 19.1 Å². The normalized spacial score (nSPS) is 9.62. The molecule has 0 aliphatic carbocycles. The summed E-state index contributed by atoms with van der Waals surface area (Å²) >= 11 is 0. The molecule has 0 aromatic carbocycles. The minimum atomic E-state index is -0.594. The van der Waals surface area contributed by atoms with E-state index in [9.17, 15) is 9.59 Å². The second-order valence-electron chi connectivity index (χ2n) is 2.67.